The molecule has 1 aliphatic heterocycles. The molecule has 0 saturated heterocycles. The number of halogens is 1. The molecule has 0 aliphatic carbocycles. The molecule has 17 heavy (non-hydrogen) atoms. The van der Waals surface area contributed by atoms with Crippen molar-refractivity contribution in [1.82, 2.24) is 0 Å². The van der Waals surface area contributed by atoms with E-state index in [4.69, 9.17) is 9.47 Å². The molecule has 0 amide bonds. The van der Waals surface area contributed by atoms with Crippen molar-refractivity contribution < 1.29 is 23.4 Å². The number of ether oxygens (including phenoxy) is 3. The molecular formula is C12H11FO4. The standard InChI is InChI=1S/C12H11FO4/c1-7-10(11(14)15-2)17-12(16-7)8-3-5-9(13)6-4-8/h3-6,12H,1-2H3. The zero-order valence-corrected chi connectivity index (χ0v) is 9.40. The first-order chi connectivity index (χ1) is 8.11. The van der Waals surface area contributed by atoms with Gasteiger partial charge in [-0.2, -0.15) is 0 Å². The molecule has 1 heterocycles. The third-order valence-electron chi connectivity index (χ3n) is 2.34. The first-order valence-electron chi connectivity index (χ1n) is 5.00. The fourth-order valence-electron chi connectivity index (χ4n) is 1.47. The highest BCUT2D eigenvalue weighted by Crippen LogP contribution is 2.33. The molecule has 1 aromatic carbocycles. The average molecular weight is 238 g/mol. The summed E-state index contributed by atoms with van der Waals surface area (Å²) in [4.78, 5) is 11.3. The van der Waals surface area contributed by atoms with Crippen molar-refractivity contribution in [1.29, 1.82) is 0 Å². The van der Waals surface area contributed by atoms with Crippen LogP contribution in [0, 0.1) is 5.82 Å². The van der Waals surface area contributed by atoms with Crippen molar-refractivity contribution in [2.24, 2.45) is 0 Å². The second-order valence-electron chi connectivity index (χ2n) is 3.50. The monoisotopic (exact) mass is 238 g/mol. The van der Waals surface area contributed by atoms with Gasteiger partial charge in [0.05, 0.1) is 7.11 Å². The van der Waals surface area contributed by atoms with Gasteiger partial charge in [0.1, 0.15) is 11.6 Å². The molecule has 0 fully saturated rings. The highest BCUT2D eigenvalue weighted by Gasteiger charge is 2.31. The van der Waals surface area contributed by atoms with Crippen LogP contribution in [0.4, 0.5) is 4.39 Å². The van der Waals surface area contributed by atoms with Crippen LogP contribution in [0.25, 0.3) is 0 Å². The van der Waals surface area contributed by atoms with E-state index in [0.717, 1.165) is 0 Å². The summed E-state index contributed by atoms with van der Waals surface area (Å²) < 4.78 is 28.0. The number of benzene rings is 1. The van der Waals surface area contributed by atoms with Crippen LogP contribution in [-0.4, -0.2) is 13.1 Å². The Morgan fingerprint density at radius 3 is 2.53 bits per heavy atom. The van der Waals surface area contributed by atoms with Gasteiger partial charge in [-0.05, 0) is 31.2 Å². The van der Waals surface area contributed by atoms with E-state index >= 15 is 0 Å². The van der Waals surface area contributed by atoms with E-state index in [2.05, 4.69) is 4.74 Å². The molecule has 0 aromatic heterocycles. The number of carbonyl (C=O) groups excluding carboxylic acids is 1. The lowest BCUT2D eigenvalue weighted by atomic mass is 10.2. The maximum Gasteiger partial charge on any atom is 0.377 e. The molecular weight excluding hydrogens is 227 g/mol. The van der Waals surface area contributed by atoms with E-state index in [-0.39, 0.29) is 11.6 Å². The van der Waals surface area contributed by atoms with E-state index in [1.165, 1.54) is 31.4 Å². The maximum atomic E-state index is 12.7. The van der Waals surface area contributed by atoms with Crippen molar-refractivity contribution >= 4 is 5.97 Å². The lowest BCUT2D eigenvalue weighted by Crippen LogP contribution is -2.07. The van der Waals surface area contributed by atoms with E-state index in [0.29, 0.717) is 11.3 Å². The first kappa shape index (κ1) is 11.4. The smallest absolute Gasteiger partial charge is 0.377 e. The SMILES string of the molecule is COC(=O)C1=C(C)OC(c2ccc(F)cc2)O1. The molecule has 4 nitrogen and oxygen atoms in total. The molecule has 90 valence electrons. The number of methoxy groups -OCH3 is 1. The Labute approximate surface area is 97.6 Å². The molecule has 1 aliphatic rings. The number of esters is 1. The Bertz CT molecular complexity index is 464. The lowest BCUT2D eigenvalue weighted by Gasteiger charge is -2.11. The third-order valence-corrected chi connectivity index (χ3v) is 2.34. The van der Waals surface area contributed by atoms with Gasteiger partial charge in [-0.3, -0.25) is 0 Å². The van der Waals surface area contributed by atoms with Crippen LogP contribution in [0.5, 0.6) is 0 Å². The summed E-state index contributed by atoms with van der Waals surface area (Å²) >= 11 is 0. The molecule has 1 atom stereocenters. The van der Waals surface area contributed by atoms with Gasteiger partial charge in [-0.25, -0.2) is 9.18 Å². The molecule has 0 spiro atoms. The maximum absolute atomic E-state index is 12.7. The number of rotatable bonds is 2. The molecule has 1 aromatic rings. The van der Waals surface area contributed by atoms with Crippen LogP contribution in [0.15, 0.2) is 35.8 Å². The average Bonchev–Trinajstić information content (AvgIpc) is 2.71. The number of carbonyl (C=O) groups is 1. The summed E-state index contributed by atoms with van der Waals surface area (Å²) in [7, 11) is 1.26. The van der Waals surface area contributed by atoms with Gasteiger partial charge in [-0.15, -0.1) is 0 Å². The molecule has 0 radical (unpaired) electrons. The van der Waals surface area contributed by atoms with Gasteiger partial charge in [0.2, 0.25) is 5.76 Å². The minimum atomic E-state index is -0.732. The predicted octanol–water partition coefficient (Wildman–Crippen LogP) is 2.28. The van der Waals surface area contributed by atoms with E-state index in [9.17, 15) is 9.18 Å². The summed E-state index contributed by atoms with van der Waals surface area (Å²) in [5, 5.41) is 0. The second kappa shape index (κ2) is 4.45. The number of allylic oxidation sites excluding steroid dienone is 1. The number of hydrogen-bond acceptors (Lipinski definition) is 4. The fraction of sp³-hybridized carbons (Fsp3) is 0.250. The van der Waals surface area contributed by atoms with Crippen LogP contribution in [-0.2, 0) is 19.0 Å². The van der Waals surface area contributed by atoms with Gasteiger partial charge in [0.15, 0.2) is 0 Å². The van der Waals surface area contributed by atoms with Gasteiger partial charge in [0, 0.05) is 5.56 Å². The molecule has 2 rings (SSSR count). The lowest BCUT2D eigenvalue weighted by molar-refractivity contribution is -0.142. The Balaban J connectivity index is 2.15. The van der Waals surface area contributed by atoms with E-state index in [1.807, 2.05) is 0 Å². The van der Waals surface area contributed by atoms with Crippen LogP contribution in [0.3, 0.4) is 0 Å². The molecule has 0 N–H and O–H groups in total. The zero-order chi connectivity index (χ0) is 12.4. The number of hydrogen-bond donors (Lipinski definition) is 0. The Morgan fingerprint density at radius 1 is 1.29 bits per heavy atom. The summed E-state index contributed by atoms with van der Waals surface area (Å²) in [6.45, 7) is 1.61. The van der Waals surface area contributed by atoms with Crippen LogP contribution < -0.4 is 0 Å². The summed E-state index contributed by atoms with van der Waals surface area (Å²) in [6, 6.07) is 5.67. The van der Waals surface area contributed by atoms with Crippen LogP contribution in [0.2, 0.25) is 0 Å². The van der Waals surface area contributed by atoms with E-state index < -0.39 is 12.3 Å². The Hall–Kier alpha value is -2.04. The van der Waals surface area contributed by atoms with Gasteiger partial charge in [0.25, 0.3) is 6.29 Å². The van der Waals surface area contributed by atoms with Gasteiger partial charge >= 0.3 is 5.97 Å². The van der Waals surface area contributed by atoms with Crippen molar-refractivity contribution in [3.8, 4) is 0 Å². The first-order valence-corrected chi connectivity index (χ1v) is 5.00. The summed E-state index contributed by atoms with van der Waals surface area (Å²) in [6.07, 6.45) is -0.732. The van der Waals surface area contributed by atoms with Crippen LogP contribution in [0.1, 0.15) is 18.8 Å². The van der Waals surface area contributed by atoms with Crippen molar-refractivity contribution in [3.63, 3.8) is 0 Å². The van der Waals surface area contributed by atoms with Gasteiger partial charge < -0.3 is 14.2 Å². The predicted molar refractivity (Wildman–Crippen MR) is 56.0 cm³/mol. The normalized spacial score (nSPS) is 18.6. The minimum Gasteiger partial charge on any atom is -0.463 e. The van der Waals surface area contributed by atoms with Crippen molar-refractivity contribution in [3.05, 3.63) is 47.2 Å². The van der Waals surface area contributed by atoms with Crippen LogP contribution >= 0.6 is 0 Å². The minimum absolute atomic E-state index is 0.0434. The quantitative estimate of drug-likeness (QED) is 0.741. The van der Waals surface area contributed by atoms with Crippen molar-refractivity contribution in [2.75, 3.05) is 7.11 Å². The summed E-state index contributed by atoms with van der Waals surface area (Å²) in [5.41, 5.74) is 0.629. The zero-order valence-electron chi connectivity index (χ0n) is 9.40. The van der Waals surface area contributed by atoms with E-state index in [1.54, 1.807) is 6.92 Å². The Kier molecular flexibility index (Phi) is 2.99. The van der Waals surface area contributed by atoms with Crippen molar-refractivity contribution in [2.45, 2.75) is 13.2 Å². The third kappa shape index (κ3) is 2.22. The second-order valence-corrected chi connectivity index (χ2v) is 3.50. The molecule has 0 saturated carbocycles. The molecule has 0 bridgehead atoms. The highest BCUT2D eigenvalue weighted by atomic mass is 19.1. The topological polar surface area (TPSA) is 44.8 Å². The molecule has 5 heteroatoms. The highest BCUT2D eigenvalue weighted by molar-refractivity contribution is 5.86. The fourth-order valence-corrected chi connectivity index (χ4v) is 1.47. The van der Waals surface area contributed by atoms with Gasteiger partial charge in [-0.1, -0.05) is 0 Å². The largest absolute Gasteiger partial charge is 0.463 e. The Morgan fingerprint density at radius 2 is 1.94 bits per heavy atom. The molecule has 1 unspecified atom stereocenters. The summed E-state index contributed by atoms with van der Waals surface area (Å²) in [5.74, 6) is -0.537.